The highest BCUT2D eigenvalue weighted by molar-refractivity contribution is 5.47. The van der Waals surface area contributed by atoms with Gasteiger partial charge >= 0.3 is 0 Å². The van der Waals surface area contributed by atoms with Gasteiger partial charge in [-0.15, -0.1) is 0 Å². The Morgan fingerprint density at radius 1 is 1.33 bits per heavy atom. The Kier molecular flexibility index (Phi) is 4.33. The zero-order valence-corrected chi connectivity index (χ0v) is 8.01. The van der Waals surface area contributed by atoms with Crippen molar-refractivity contribution in [1.29, 1.82) is 5.26 Å². The van der Waals surface area contributed by atoms with Crippen molar-refractivity contribution in [3.05, 3.63) is 45.8 Å². The quantitative estimate of drug-likeness (QED) is 0.235. The average molecular weight is 196 g/mol. The predicted octanol–water partition coefficient (Wildman–Crippen LogP) is 2.61. The highest BCUT2D eigenvalue weighted by atomic mass is 15.1. The number of azide groups is 1. The lowest BCUT2D eigenvalue weighted by Crippen LogP contribution is -1.82. The molecule has 0 aliphatic carbocycles. The van der Waals surface area contributed by atoms with Gasteiger partial charge in [0.25, 0.3) is 0 Å². The lowest BCUT2D eigenvalue weighted by atomic mass is 10.1. The number of hydrogen-bond donors (Lipinski definition) is 0. The first-order chi connectivity index (χ1) is 7.38. The van der Waals surface area contributed by atoms with Gasteiger partial charge in [0.1, 0.15) is 6.07 Å². The van der Waals surface area contributed by atoms with E-state index < -0.39 is 0 Å². The maximum Gasteiger partial charge on any atom is 0.100 e. The van der Waals surface area contributed by atoms with Crippen LogP contribution >= 0.6 is 0 Å². The predicted molar refractivity (Wildman–Crippen MR) is 56.7 cm³/mol. The smallest absolute Gasteiger partial charge is 0.100 e. The average Bonchev–Trinajstić information content (AvgIpc) is 2.29. The third-order valence-corrected chi connectivity index (χ3v) is 1.67. The Morgan fingerprint density at radius 3 is 2.73 bits per heavy atom. The first-order valence-electron chi connectivity index (χ1n) is 4.37. The summed E-state index contributed by atoms with van der Waals surface area (Å²) in [4.78, 5) is 2.62. The minimum absolute atomic E-state index is 0.359. The molecule has 0 saturated heterocycles. The molecule has 0 atom stereocenters. The summed E-state index contributed by atoms with van der Waals surface area (Å²) >= 11 is 0. The summed E-state index contributed by atoms with van der Waals surface area (Å²) in [6, 6.07) is 9.20. The van der Waals surface area contributed by atoms with Crippen LogP contribution < -0.4 is 0 Å². The maximum atomic E-state index is 8.77. The van der Waals surface area contributed by atoms with Crippen LogP contribution in [0.4, 0.5) is 0 Å². The van der Waals surface area contributed by atoms with Gasteiger partial charge in [-0.1, -0.05) is 29.1 Å². The van der Waals surface area contributed by atoms with Gasteiger partial charge in [0, 0.05) is 23.4 Å². The molecular weight excluding hydrogens is 188 g/mol. The molecule has 0 N–H and O–H groups in total. The van der Waals surface area contributed by atoms with Crippen molar-refractivity contribution in [2.75, 3.05) is 6.54 Å². The van der Waals surface area contributed by atoms with Crippen LogP contribution in [-0.2, 0) is 0 Å². The highest BCUT2D eigenvalue weighted by Crippen LogP contribution is 2.04. The van der Waals surface area contributed by atoms with E-state index in [1.807, 2.05) is 6.07 Å². The van der Waals surface area contributed by atoms with Gasteiger partial charge in [0.05, 0.1) is 5.56 Å². The van der Waals surface area contributed by atoms with Gasteiger partial charge in [-0.2, -0.15) is 5.26 Å². The van der Waals surface area contributed by atoms with E-state index in [1.54, 1.807) is 18.2 Å². The Morgan fingerprint density at radius 2 is 2.07 bits per heavy atom. The molecule has 0 aromatic heterocycles. The molecule has 1 aromatic rings. The third-order valence-electron chi connectivity index (χ3n) is 1.67. The number of rotatable bonds is 2. The first kappa shape index (κ1) is 10.7. The maximum absolute atomic E-state index is 8.77. The second kappa shape index (κ2) is 6.10. The highest BCUT2D eigenvalue weighted by Gasteiger charge is 1.94. The van der Waals surface area contributed by atoms with Crippen LogP contribution in [-0.4, -0.2) is 6.54 Å². The summed E-state index contributed by atoms with van der Waals surface area (Å²) in [5.41, 5.74) is 9.30. The van der Waals surface area contributed by atoms with Gasteiger partial charge in [0.15, 0.2) is 0 Å². The zero-order valence-electron chi connectivity index (χ0n) is 8.01. The number of nitrogens with zero attached hydrogens (tertiary/aromatic N) is 4. The van der Waals surface area contributed by atoms with Crippen LogP contribution in [0.2, 0.25) is 0 Å². The molecule has 4 heteroatoms. The summed E-state index contributed by atoms with van der Waals surface area (Å²) in [6.07, 6.45) is 0.504. The molecule has 15 heavy (non-hydrogen) atoms. The fraction of sp³-hybridized carbons (Fsp3) is 0.182. The largest absolute Gasteiger partial charge is 0.192 e. The lowest BCUT2D eigenvalue weighted by Gasteiger charge is -1.91. The summed E-state index contributed by atoms with van der Waals surface area (Å²) in [6.45, 7) is 0.359. The topological polar surface area (TPSA) is 72.5 Å². The van der Waals surface area contributed by atoms with Gasteiger partial charge in [0.2, 0.25) is 0 Å². The molecule has 1 rings (SSSR count). The molecule has 0 bridgehead atoms. The number of nitriles is 1. The van der Waals surface area contributed by atoms with Crippen molar-refractivity contribution in [2.24, 2.45) is 5.11 Å². The van der Waals surface area contributed by atoms with Gasteiger partial charge in [-0.05, 0) is 17.7 Å². The normalized spacial score (nSPS) is 7.93. The molecule has 0 spiro atoms. The Bertz CT molecular complexity index is 481. The molecule has 0 fully saturated rings. The molecule has 0 radical (unpaired) electrons. The van der Waals surface area contributed by atoms with Crippen LogP contribution in [0, 0.1) is 23.2 Å². The van der Waals surface area contributed by atoms with E-state index in [9.17, 15) is 0 Å². The monoisotopic (exact) mass is 196 g/mol. The van der Waals surface area contributed by atoms with E-state index in [0.717, 1.165) is 0 Å². The van der Waals surface area contributed by atoms with E-state index in [4.69, 9.17) is 10.8 Å². The van der Waals surface area contributed by atoms with Crippen molar-refractivity contribution >= 4 is 0 Å². The molecule has 0 aliphatic heterocycles. The minimum atomic E-state index is 0.359. The second-order valence-electron chi connectivity index (χ2n) is 2.66. The molecule has 0 saturated carbocycles. The molecule has 0 unspecified atom stereocenters. The standard InChI is InChI=1S/C11H8N4/c12-9-11-7-2-1-5-10(11)6-3-4-8-14-15-13/h1-2,5,7H,4,8H2. The Balaban J connectivity index is 2.72. The van der Waals surface area contributed by atoms with Crippen molar-refractivity contribution in [3.63, 3.8) is 0 Å². The number of benzene rings is 1. The lowest BCUT2D eigenvalue weighted by molar-refractivity contribution is 1.01. The molecule has 0 heterocycles. The molecule has 72 valence electrons. The second-order valence-corrected chi connectivity index (χ2v) is 2.66. The van der Waals surface area contributed by atoms with E-state index in [1.165, 1.54) is 0 Å². The summed E-state index contributed by atoms with van der Waals surface area (Å²) in [7, 11) is 0. The van der Waals surface area contributed by atoms with Crippen LogP contribution in [0.5, 0.6) is 0 Å². The van der Waals surface area contributed by atoms with Crippen molar-refractivity contribution in [1.82, 2.24) is 0 Å². The minimum Gasteiger partial charge on any atom is -0.192 e. The van der Waals surface area contributed by atoms with Crippen LogP contribution in [0.1, 0.15) is 17.5 Å². The summed E-state index contributed by atoms with van der Waals surface area (Å²) in [5.74, 6) is 5.71. The molecule has 0 amide bonds. The van der Waals surface area contributed by atoms with Crippen LogP contribution in [0.15, 0.2) is 29.4 Å². The molecule has 0 aliphatic rings. The SMILES string of the molecule is N#Cc1ccccc1C#CCCN=[N+]=[N-]. The molecule has 1 aromatic carbocycles. The Hall–Kier alpha value is -2.42. The third kappa shape index (κ3) is 3.44. The van der Waals surface area contributed by atoms with E-state index in [-0.39, 0.29) is 0 Å². The van der Waals surface area contributed by atoms with Crippen LogP contribution in [0.25, 0.3) is 10.4 Å². The Labute approximate surface area is 87.8 Å². The zero-order chi connectivity index (χ0) is 10.9. The first-order valence-corrected chi connectivity index (χ1v) is 4.37. The fourth-order valence-corrected chi connectivity index (χ4v) is 0.998. The van der Waals surface area contributed by atoms with E-state index in [0.29, 0.717) is 24.1 Å². The van der Waals surface area contributed by atoms with Crippen molar-refractivity contribution < 1.29 is 0 Å². The van der Waals surface area contributed by atoms with Gasteiger partial charge in [-0.25, -0.2) is 0 Å². The molecule has 4 nitrogen and oxygen atoms in total. The molecular formula is C11H8N4. The van der Waals surface area contributed by atoms with Crippen LogP contribution in [0.3, 0.4) is 0 Å². The van der Waals surface area contributed by atoms with Crippen molar-refractivity contribution in [2.45, 2.75) is 6.42 Å². The van der Waals surface area contributed by atoms with E-state index >= 15 is 0 Å². The number of hydrogen-bond acceptors (Lipinski definition) is 2. The fourth-order valence-electron chi connectivity index (χ4n) is 0.998. The van der Waals surface area contributed by atoms with Crippen molar-refractivity contribution in [3.8, 4) is 17.9 Å². The summed E-state index contributed by atoms with van der Waals surface area (Å²) < 4.78 is 0. The van der Waals surface area contributed by atoms with Gasteiger partial charge < -0.3 is 0 Å². The van der Waals surface area contributed by atoms with E-state index in [2.05, 4.69) is 27.9 Å². The summed E-state index contributed by atoms with van der Waals surface area (Å²) in [5, 5.41) is 12.1. The van der Waals surface area contributed by atoms with Gasteiger partial charge in [-0.3, -0.25) is 0 Å².